The molecule has 0 unspecified atom stereocenters. The molecule has 0 radical (unpaired) electrons. The zero-order valence-corrected chi connectivity index (χ0v) is 17.1. The van der Waals surface area contributed by atoms with Gasteiger partial charge < -0.3 is 10.2 Å². The van der Waals surface area contributed by atoms with E-state index in [-0.39, 0.29) is 17.6 Å². The molecule has 1 N–H and O–H groups in total. The highest BCUT2D eigenvalue weighted by Crippen LogP contribution is 2.23. The minimum atomic E-state index is -0.301. The lowest BCUT2D eigenvalue weighted by molar-refractivity contribution is 0.0952. The molecule has 1 heterocycles. The minimum absolute atomic E-state index is 0.0903. The van der Waals surface area contributed by atoms with Gasteiger partial charge in [0, 0.05) is 25.8 Å². The van der Waals surface area contributed by atoms with Gasteiger partial charge >= 0.3 is 0 Å². The van der Waals surface area contributed by atoms with Gasteiger partial charge in [0.25, 0.3) is 5.91 Å². The summed E-state index contributed by atoms with van der Waals surface area (Å²) in [6.45, 7) is 5.46. The van der Waals surface area contributed by atoms with E-state index >= 15 is 0 Å². The Morgan fingerprint density at radius 3 is 2.48 bits per heavy atom. The van der Waals surface area contributed by atoms with Crippen LogP contribution in [0.5, 0.6) is 0 Å². The van der Waals surface area contributed by atoms with Crippen LogP contribution in [0, 0.1) is 5.82 Å². The van der Waals surface area contributed by atoms with E-state index in [1.807, 2.05) is 39.1 Å². The topological polar surface area (TPSA) is 50.2 Å². The van der Waals surface area contributed by atoms with E-state index in [4.69, 9.17) is 0 Å². The van der Waals surface area contributed by atoms with Gasteiger partial charge in [-0.1, -0.05) is 32.0 Å². The maximum atomic E-state index is 13.2. The van der Waals surface area contributed by atoms with Gasteiger partial charge in [0.15, 0.2) is 0 Å². The minimum Gasteiger partial charge on any atom is -0.375 e. The fourth-order valence-corrected chi connectivity index (χ4v) is 3.30. The first-order valence-corrected chi connectivity index (χ1v) is 9.85. The Balaban J connectivity index is 1.62. The van der Waals surface area contributed by atoms with Gasteiger partial charge in [0.05, 0.1) is 23.1 Å². The van der Waals surface area contributed by atoms with Gasteiger partial charge in [0.1, 0.15) is 5.82 Å². The molecule has 2 aromatic carbocycles. The van der Waals surface area contributed by atoms with Crippen molar-refractivity contribution >= 4 is 11.6 Å². The van der Waals surface area contributed by atoms with Crippen LogP contribution in [0.25, 0.3) is 5.69 Å². The predicted molar refractivity (Wildman–Crippen MR) is 114 cm³/mol. The molecular weight excluding hydrogens is 367 g/mol. The van der Waals surface area contributed by atoms with E-state index in [1.54, 1.807) is 23.0 Å². The highest BCUT2D eigenvalue weighted by molar-refractivity contribution is 5.95. The maximum absolute atomic E-state index is 13.2. The van der Waals surface area contributed by atoms with Crippen LogP contribution >= 0.6 is 0 Å². The SMILES string of the molecule is CC(C)c1c(C(=O)NCCCN(C)c2ccccc2)cnn1-c1ccc(F)cc1. The fourth-order valence-electron chi connectivity index (χ4n) is 3.30. The molecule has 0 aliphatic rings. The highest BCUT2D eigenvalue weighted by atomic mass is 19.1. The van der Waals surface area contributed by atoms with Crippen molar-refractivity contribution in [3.8, 4) is 5.69 Å². The Morgan fingerprint density at radius 2 is 1.83 bits per heavy atom. The summed E-state index contributed by atoms with van der Waals surface area (Å²) < 4.78 is 14.9. The van der Waals surface area contributed by atoms with E-state index in [1.165, 1.54) is 12.1 Å². The number of anilines is 1. The third-order valence-corrected chi connectivity index (χ3v) is 4.82. The van der Waals surface area contributed by atoms with Crippen LogP contribution in [0.1, 0.15) is 42.2 Å². The largest absolute Gasteiger partial charge is 0.375 e. The van der Waals surface area contributed by atoms with Crippen molar-refractivity contribution in [3.05, 3.63) is 77.9 Å². The smallest absolute Gasteiger partial charge is 0.254 e. The Hall–Kier alpha value is -3.15. The average Bonchev–Trinajstić information content (AvgIpc) is 3.17. The number of aromatic nitrogens is 2. The Labute approximate surface area is 171 Å². The van der Waals surface area contributed by atoms with Crippen LogP contribution in [0.15, 0.2) is 60.8 Å². The molecular formula is C23H27FN4O. The van der Waals surface area contributed by atoms with E-state index in [2.05, 4.69) is 27.4 Å². The molecule has 0 bridgehead atoms. The zero-order valence-electron chi connectivity index (χ0n) is 17.1. The number of rotatable bonds is 8. The lowest BCUT2D eigenvalue weighted by Crippen LogP contribution is -2.28. The van der Waals surface area contributed by atoms with Crippen LogP contribution in [0.2, 0.25) is 0 Å². The second-order valence-electron chi connectivity index (χ2n) is 7.35. The summed E-state index contributed by atoms with van der Waals surface area (Å²) in [5.74, 6) is -0.345. The number of para-hydroxylation sites is 1. The average molecular weight is 394 g/mol. The van der Waals surface area contributed by atoms with Crippen molar-refractivity contribution in [2.75, 3.05) is 25.0 Å². The molecule has 29 heavy (non-hydrogen) atoms. The quantitative estimate of drug-likeness (QED) is 0.577. The number of halogens is 1. The molecule has 0 fully saturated rings. The number of hydrogen-bond acceptors (Lipinski definition) is 3. The van der Waals surface area contributed by atoms with Crippen molar-refractivity contribution in [1.82, 2.24) is 15.1 Å². The van der Waals surface area contributed by atoms with Crippen LogP contribution in [0.4, 0.5) is 10.1 Å². The first-order valence-electron chi connectivity index (χ1n) is 9.85. The number of nitrogens with zero attached hydrogens (tertiary/aromatic N) is 3. The molecule has 3 aromatic rings. The van der Waals surface area contributed by atoms with Gasteiger partial charge in [-0.05, 0) is 48.7 Å². The Kier molecular flexibility index (Phi) is 6.65. The molecule has 1 aromatic heterocycles. The number of benzene rings is 2. The Bertz CT molecular complexity index is 935. The second-order valence-corrected chi connectivity index (χ2v) is 7.35. The zero-order chi connectivity index (χ0) is 20.8. The van der Waals surface area contributed by atoms with Crippen LogP contribution in [0.3, 0.4) is 0 Å². The first-order chi connectivity index (χ1) is 14.0. The summed E-state index contributed by atoms with van der Waals surface area (Å²) in [5.41, 5.74) is 3.26. The van der Waals surface area contributed by atoms with E-state index in [0.717, 1.165) is 30.0 Å². The van der Waals surface area contributed by atoms with E-state index < -0.39 is 0 Å². The maximum Gasteiger partial charge on any atom is 0.254 e. The van der Waals surface area contributed by atoms with Crippen molar-refractivity contribution in [2.45, 2.75) is 26.2 Å². The van der Waals surface area contributed by atoms with Crippen LogP contribution in [-0.2, 0) is 0 Å². The molecule has 0 aliphatic carbocycles. The lowest BCUT2D eigenvalue weighted by Gasteiger charge is -2.19. The number of carbonyl (C=O) groups is 1. The summed E-state index contributed by atoms with van der Waals surface area (Å²) in [6.07, 6.45) is 2.42. The summed E-state index contributed by atoms with van der Waals surface area (Å²) >= 11 is 0. The van der Waals surface area contributed by atoms with Gasteiger partial charge in [-0.15, -0.1) is 0 Å². The monoisotopic (exact) mass is 394 g/mol. The van der Waals surface area contributed by atoms with E-state index in [9.17, 15) is 9.18 Å². The molecule has 6 heteroatoms. The van der Waals surface area contributed by atoms with Gasteiger partial charge in [-0.3, -0.25) is 4.79 Å². The van der Waals surface area contributed by atoms with Gasteiger partial charge in [-0.25, -0.2) is 9.07 Å². The summed E-state index contributed by atoms with van der Waals surface area (Å²) in [4.78, 5) is 14.9. The molecule has 0 saturated carbocycles. The second kappa shape index (κ2) is 9.37. The number of hydrogen-bond donors (Lipinski definition) is 1. The normalized spacial score (nSPS) is 10.9. The van der Waals surface area contributed by atoms with Crippen LogP contribution < -0.4 is 10.2 Å². The molecule has 0 spiro atoms. The van der Waals surface area contributed by atoms with Crippen molar-refractivity contribution in [1.29, 1.82) is 0 Å². The summed E-state index contributed by atoms with van der Waals surface area (Å²) in [6, 6.07) is 16.3. The molecule has 5 nitrogen and oxygen atoms in total. The van der Waals surface area contributed by atoms with E-state index in [0.29, 0.717) is 12.1 Å². The van der Waals surface area contributed by atoms with Gasteiger partial charge in [-0.2, -0.15) is 5.10 Å². The molecule has 152 valence electrons. The predicted octanol–water partition coefficient (Wildman–Crippen LogP) is 4.39. The number of nitrogens with one attached hydrogen (secondary N) is 1. The summed E-state index contributed by atoms with van der Waals surface area (Å²) in [7, 11) is 2.04. The third-order valence-electron chi connectivity index (χ3n) is 4.82. The highest BCUT2D eigenvalue weighted by Gasteiger charge is 2.20. The number of amides is 1. The standard InChI is InChI=1S/C23H27FN4O/c1-17(2)22-21(16-26-28(22)20-12-10-18(24)11-13-20)23(29)25-14-7-15-27(3)19-8-5-4-6-9-19/h4-6,8-13,16-17H,7,14-15H2,1-3H3,(H,25,29). The molecule has 0 saturated heterocycles. The van der Waals surface area contributed by atoms with Gasteiger partial charge in [0.2, 0.25) is 0 Å². The molecule has 1 amide bonds. The number of carbonyl (C=O) groups excluding carboxylic acids is 1. The van der Waals surface area contributed by atoms with Crippen LogP contribution in [-0.4, -0.2) is 35.8 Å². The van der Waals surface area contributed by atoms with Crippen molar-refractivity contribution in [3.63, 3.8) is 0 Å². The molecule has 0 atom stereocenters. The van der Waals surface area contributed by atoms with Crippen molar-refractivity contribution < 1.29 is 9.18 Å². The first kappa shape index (κ1) is 20.6. The third kappa shape index (κ3) is 5.02. The summed E-state index contributed by atoms with van der Waals surface area (Å²) in [5, 5.41) is 7.38. The Morgan fingerprint density at radius 1 is 1.14 bits per heavy atom. The fraction of sp³-hybridized carbons (Fsp3) is 0.304. The molecule has 0 aliphatic heterocycles. The lowest BCUT2D eigenvalue weighted by atomic mass is 10.0. The van der Waals surface area contributed by atoms with Crippen molar-refractivity contribution in [2.24, 2.45) is 0 Å². The molecule has 3 rings (SSSR count).